The number of rotatable bonds is 4. The molecule has 1 fully saturated rings. The molecule has 1 aliphatic heterocycles. The molecule has 1 aliphatic rings. The third kappa shape index (κ3) is 4.32. The molecule has 1 N–H and O–H groups in total. The van der Waals surface area contributed by atoms with Crippen molar-refractivity contribution in [2.24, 2.45) is 0 Å². The van der Waals surface area contributed by atoms with E-state index in [1.165, 1.54) is 12.1 Å². The number of likely N-dealkylation sites (tertiary alicyclic amines) is 1. The highest BCUT2D eigenvalue weighted by atomic mass is 19.1. The fraction of sp³-hybridized carbons (Fsp3) is 0.450. The Morgan fingerprint density at radius 1 is 1.29 bits per heavy atom. The van der Waals surface area contributed by atoms with Crippen LogP contribution >= 0.6 is 0 Å². The molecule has 150 valence electrons. The molecule has 8 heteroatoms. The van der Waals surface area contributed by atoms with Crippen molar-refractivity contribution in [2.75, 3.05) is 20.1 Å². The van der Waals surface area contributed by atoms with Crippen LogP contribution in [-0.2, 0) is 6.54 Å². The van der Waals surface area contributed by atoms with Gasteiger partial charge in [0.15, 0.2) is 0 Å². The number of piperidine rings is 1. The minimum atomic E-state index is -0.510. The zero-order chi connectivity index (χ0) is 20.3. The molecule has 1 aromatic carbocycles. The summed E-state index contributed by atoms with van der Waals surface area (Å²) in [5.41, 5.74) is 1.77. The van der Waals surface area contributed by atoms with Crippen LogP contribution in [0.25, 0.3) is 0 Å². The van der Waals surface area contributed by atoms with E-state index in [1.807, 2.05) is 13.8 Å². The number of carbonyl (C=O) groups excluding carboxylic acids is 2. The summed E-state index contributed by atoms with van der Waals surface area (Å²) in [6.07, 6.45) is 1.26. The number of aryl methyl sites for hydroxylation is 2. The molecule has 3 amide bonds. The Labute approximate surface area is 163 Å². The summed E-state index contributed by atoms with van der Waals surface area (Å²) >= 11 is 0. The molecule has 0 saturated carbocycles. The van der Waals surface area contributed by atoms with Crippen LogP contribution in [0.4, 0.5) is 9.18 Å². The van der Waals surface area contributed by atoms with Gasteiger partial charge in [-0.15, -0.1) is 0 Å². The van der Waals surface area contributed by atoms with Gasteiger partial charge >= 0.3 is 6.03 Å². The van der Waals surface area contributed by atoms with E-state index in [1.54, 1.807) is 29.0 Å². The molecule has 0 aliphatic carbocycles. The number of benzene rings is 1. The van der Waals surface area contributed by atoms with Gasteiger partial charge in [0, 0.05) is 31.7 Å². The largest absolute Gasteiger partial charge is 0.361 e. The van der Waals surface area contributed by atoms with Gasteiger partial charge in [0.05, 0.1) is 17.8 Å². The molecule has 1 saturated heterocycles. The molecule has 1 aromatic heterocycles. The van der Waals surface area contributed by atoms with Crippen molar-refractivity contribution >= 4 is 11.9 Å². The number of hydrogen-bond donors (Lipinski definition) is 1. The van der Waals surface area contributed by atoms with E-state index in [0.29, 0.717) is 38.2 Å². The van der Waals surface area contributed by atoms with E-state index in [2.05, 4.69) is 10.5 Å². The van der Waals surface area contributed by atoms with Gasteiger partial charge in [-0.25, -0.2) is 9.18 Å². The number of nitrogens with one attached hydrogen (secondary N) is 1. The summed E-state index contributed by atoms with van der Waals surface area (Å²) in [6, 6.07) is 5.79. The van der Waals surface area contributed by atoms with Gasteiger partial charge < -0.3 is 19.6 Å². The van der Waals surface area contributed by atoms with Crippen LogP contribution in [0.1, 0.15) is 40.2 Å². The molecule has 0 radical (unpaired) electrons. The lowest BCUT2D eigenvalue weighted by Gasteiger charge is -2.33. The van der Waals surface area contributed by atoms with Crippen molar-refractivity contribution in [1.29, 1.82) is 0 Å². The van der Waals surface area contributed by atoms with Gasteiger partial charge in [-0.05, 0) is 38.8 Å². The third-order valence-electron chi connectivity index (χ3n) is 5.14. The number of amides is 3. The summed E-state index contributed by atoms with van der Waals surface area (Å²) in [5.74, 6) is -0.112. The van der Waals surface area contributed by atoms with Crippen LogP contribution in [0.3, 0.4) is 0 Å². The van der Waals surface area contributed by atoms with E-state index >= 15 is 0 Å². The molecule has 0 spiro atoms. The average Bonchev–Trinajstić information content (AvgIpc) is 3.00. The first kappa shape index (κ1) is 19.9. The number of hydrogen-bond acceptors (Lipinski definition) is 4. The summed E-state index contributed by atoms with van der Waals surface area (Å²) in [5, 5.41) is 6.91. The van der Waals surface area contributed by atoms with Crippen LogP contribution in [-0.4, -0.2) is 53.1 Å². The highest BCUT2D eigenvalue weighted by Crippen LogP contribution is 2.17. The van der Waals surface area contributed by atoms with Gasteiger partial charge in [-0.1, -0.05) is 17.3 Å². The topological polar surface area (TPSA) is 78.7 Å². The second-order valence-corrected chi connectivity index (χ2v) is 7.15. The summed E-state index contributed by atoms with van der Waals surface area (Å²) in [6.45, 7) is 5.04. The zero-order valence-corrected chi connectivity index (χ0v) is 16.4. The SMILES string of the molecule is Cc1noc(C)c1CN(C)C(=O)NC1CCN(C(=O)c2ccccc2F)CC1. The monoisotopic (exact) mass is 388 g/mol. The molecule has 0 unspecified atom stereocenters. The van der Waals surface area contributed by atoms with Gasteiger partial charge in [0.1, 0.15) is 11.6 Å². The molecular formula is C20H25FN4O3. The maximum atomic E-state index is 13.8. The first-order valence-corrected chi connectivity index (χ1v) is 9.34. The normalized spacial score (nSPS) is 14.8. The standard InChI is InChI=1S/C20H25FN4O3/c1-13-17(14(2)28-23-13)12-24(3)20(27)22-15-8-10-25(11-9-15)19(26)16-6-4-5-7-18(16)21/h4-7,15H,8-12H2,1-3H3,(H,22,27). The Kier molecular flexibility index (Phi) is 5.96. The fourth-order valence-electron chi connectivity index (χ4n) is 3.35. The Balaban J connectivity index is 1.50. The predicted molar refractivity (Wildman–Crippen MR) is 101 cm³/mol. The van der Waals surface area contributed by atoms with E-state index in [4.69, 9.17) is 4.52 Å². The molecular weight excluding hydrogens is 363 g/mol. The summed E-state index contributed by atoms with van der Waals surface area (Å²) in [4.78, 5) is 28.2. The molecule has 0 bridgehead atoms. The zero-order valence-electron chi connectivity index (χ0n) is 16.4. The quantitative estimate of drug-likeness (QED) is 0.874. The molecule has 2 heterocycles. The average molecular weight is 388 g/mol. The number of halogens is 1. The maximum absolute atomic E-state index is 13.8. The smallest absolute Gasteiger partial charge is 0.317 e. The predicted octanol–water partition coefficient (Wildman–Crippen LogP) is 2.88. The lowest BCUT2D eigenvalue weighted by molar-refractivity contribution is 0.0702. The minimum Gasteiger partial charge on any atom is -0.361 e. The maximum Gasteiger partial charge on any atom is 0.317 e. The fourth-order valence-corrected chi connectivity index (χ4v) is 3.35. The van der Waals surface area contributed by atoms with Crippen LogP contribution in [0.2, 0.25) is 0 Å². The van der Waals surface area contributed by atoms with Gasteiger partial charge in [0.2, 0.25) is 0 Å². The molecule has 2 aromatic rings. The molecule has 3 rings (SSSR count). The number of nitrogens with zero attached hydrogens (tertiary/aromatic N) is 3. The van der Waals surface area contributed by atoms with Gasteiger partial charge in [-0.2, -0.15) is 0 Å². The van der Waals surface area contributed by atoms with Gasteiger partial charge in [0.25, 0.3) is 5.91 Å². The Hall–Kier alpha value is -2.90. The highest BCUT2D eigenvalue weighted by Gasteiger charge is 2.26. The second kappa shape index (κ2) is 8.41. The first-order valence-electron chi connectivity index (χ1n) is 9.34. The summed E-state index contributed by atoms with van der Waals surface area (Å²) < 4.78 is 19.0. The Morgan fingerprint density at radius 2 is 1.96 bits per heavy atom. The van der Waals surface area contributed by atoms with Crippen LogP contribution in [0.5, 0.6) is 0 Å². The van der Waals surface area contributed by atoms with E-state index in [9.17, 15) is 14.0 Å². The van der Waals surface area contributed by atoms with Crippen molar-refractivity contribution in [3.05, 3.63) is 52.7 Å². The summed E-state index contributed by atoms with van der Waals surface area (Å²) in [7, 11) is 1.72. The first-order chi connectivity index (χ1) is 13.4. The van der Waals surface area contributed by atoms with Crippen molar-refractivity contribution < 1.29 is 18.5 Å². The van der Waals surface area contributed by atoms with Crippen LogP contribution in [0, 0.1) is 19.7 Å². The van der Waals surface area contributed by atoms with Crippen LogP contribution in [0.15, 0.2) is 28.8 Å². The van der Waals surface area contributed by atoms with Crippen molar-refractivity contribution in [2.45, 2.75) is 39.3 Å². The Morgan fingerprint density at radius 3 is 2.57 bits per heavy atom. The third-order valence-corrected chi connectivity index (χ3v) is 5.14. The second-order valence-electron chi connectivity index (χ2n) is 7.15. The number of aromatic nitrogens is 1. The van der Waals surface area contributed by atoms with Crippen molar-refractivity contribution in [3.63, 3.8) is 0 Å². The van der Waals surface area contributed by atoms with Crippen LogP contribution < -0.4 is 5.32 Å². The highest BCUT2D eigenvalue weighted by molar-refractivity contribution is 5.94. The number of carbonyl (C=O) groups is 2. The van der Waals surface area contributed by atoms with Crippen molar-refractivity contribution in [3.8, 4) is 0 Å². The lowest BCUT2D eigenvalue weighted by Crippen LogP contribution is -2.49. The van der Waals surface area contributed by atoms with Crippen molar-refractivity contribution in [1.82, 2.24) is 20.3 Å². The lowest BCUT2D eigenvalue weighted by atomic mass is 10.0. The van der Waals surface area contributed by atoms with E-state index in [-0.39, 0.29) is 23.5 Å². The van der Waals surface area contributed by atoms with E-state index in [0.717, 1.165) is 11.3 Å². The Bertz CT molecular complexity index is 839. The molecule has 7 nitrogen and oxygen atoms in total. The molecule has 0 atom stereocenters. The minimum absolute atomic E-state index is 0.0238. The number of urea groups is 1. The molecule has 28 heavy (non-hydrogen) atoms. The van der Waals surface area contributed by atoms with Gasteiger partial charge in [-0.3, -0.25) is 4.79 Å². The van der Waals surface area contributed by atoms with E-state index < -0.39 is 5.82 Å².